The second-order valence-electron chi connectivity index (χ2n) is 6.48. The minimum Gasteiger partial charge on any atom is -0.489 e. The van der Waals surface area contributed by atoms with Gasteiger partial charge in [0.2, 0.25) is 0 Å². The highest BCUT2D eigenvalue weighted by molar-refractivity contribution is 5.28. The normalized spacial score (nSPS) is 15.4. The number of aryl methyl sites for hydroxylation is 2. The second-order valence-corrected chi connectivity index (χ2v) is 6.48. The molecule has 3 heteroatoms. The topological polar surface area (TPSA) is 21.7 Å². The van der Waals surface area contributed by atoms with Gasteiger partial charge in [-0.15, -0.1) is 0 Å². The highest BCUT2D eigenvalue weighted by atomic mass is 16.5. The van der Waals surface area contributed by atoms with Crippen LogP contribution < -0.4 is 4.74 Å². The molecule has 3 nitrogen and oxygen atoms in total. The third kappa shape index (κ3) is 5.36. The molecular formula is C21H27NO2. The van der Waals surface area contributed by atoms with E-state index < -0.39 is 0 Å². The molecule has 0 spiro atoms. The van der Waals surface area contributed by atoms with Crippen LogP contribution >= 0.6 is 0 Å². The Kier molecular flexibility index (Phi) is 6.27. The number of hydrogen-bond acceptors (Lipinski definition) is 3. The standard InChI is InChI=1S/C21H27NO2/c1-18-4-2-5-20(16-18)17-24-21-9-7-19(8-10-21)6-3-11-22-12-14-23-15-13-22/h2,4-5,7-10,16H,3,6,11-15,17H2,1H3. The van der Waals surface area contributed by atoms with Gasteiger partial charge in [0, 0.05) is 13.1 Å². The van der Waals surface area contributed by atoms with Crippen molar-refractivity contribution in [3.8, 4) is 5.75 Å². The van der Waals surface area contributed by atoms with E-state index in [1.165, 1.54) is 23.1 Å². The fraction of sp³-hybridized carbons (Fsp3) is 0.429. The molecule has 2 aromatic rings. The smallest absolute Gasteiger partial charge is 0.119 e. The van der Waals surface area contributed by atoms with Gasteiger partial charge in [-0.25, -0.2) is 0 Å². The number of morpholine rings is 1. The first-order chi connectivity index (χ1) is 11.8. The molecule has 0 aliphatic carbocycles. The van der Waals surface area contributed by atoms with Crippen molar-refractivity contribution < 1.29 is 9.47 Å². The number of benzene rings is 2. The van der Waals surface area contributed by atoms with Gasteiger partial charge in [0.05, 0.1) is 13.2 Å². The maximum atomic E-state index is 5.88. The summed E-state index contributed by atoms with van der Waals surface area (Å²) in [5, 5.41) is 0. The van der Waals surface area contributed by atoms with Crippen LogP contribution in [0.4, 0.5) is 0 Å². The fourth-order valence-corrected chi connectivity index (χ4v) is 3.05. The zero-order valence-electron chi connectivity index (χ0n) is 14.5. The zero-order valence-corrected chi connectivity index (χ0v) is 14.5. The van der Waals surface area contributed by atoms with Crippen LogP contribution in [0.15, 0.2) is 48.5 Å². The lowest BCUT2D eigenvalue weighted by atomic mass is 10.1. The van der Waals surface area contributed by atoms with Crippen molar-refractivity contribution in [1.82, 2.24) is 4.90 Å². The fourth-order valence-electron chi connectivity index (χ4n) is 3.05. The van der Waals surface area contributed by atoms with Crippen molar-refractivity contribution in [2.45, 2.75) is 26.4 Å². The summed E-state index contributed by atoms with van der Waals surface area (Å²) >= 11 is 0. The Bertz CT molecular complexity index is 618. The molecule has 0 amide bonds. The monoisotopic (exact) mass is 325 g/mol. The van der Waals surface area contributed by atoms with E-state index in [9.17, 15) is 0 Å². The molecule has 0 atom stereocenters. The van der Waals surface area contributed by atoms with Crippen LogP contribution in [0, 0.1) is 6.92 Å². The van der Waals surface area contributed by atoms with E-state index in [0.717, 1.165) is 45.0 Å². The van der Waals surface area contributed by atoms with Crippen LogP contribution in [0.2, 0.25) is 0 Å². The lowest BCUT2D eigenvalue weighted by Crippen LogP contribution is -2.36. The Labute approximate surface area is 145 Å². The maximum Gasteiger partial charge on any atom is 0.119 e. The van der Waals surface area contributed by atoms with Crippen molar-refractivity contribution in [1.29, 1.82) is 0 Å². The molecule has 3 rings (SSSR count). The summed E-state index contributed by atoms with van der Waals surface area (Å²) < 4.78 is 11.3. The van der Waals surface area contributed by atoms with Gasteiger partial charge in [-0.1, -0.05) is 42.0 Å². The molecule has 1 aliphatic rings. The first-order valence-corrected chi connectivity index (χ1v) is 8.87. The average Bonchev–Trinajstić information content (AvgIpc) is 2.62. The Morgan fingerprint density at radius 3 is 2.54 bits per heavy atom. The summed E-state index contributed by atoms with van der Waals surface area (Å²) in [7, 11) is 0. The van der Waals surface area contributed by atoms with Crippen molar-refractivity contribution in [2.75, 3.05) is 32.8 Å². The van der Waals surface area contributed by atoms with Crippen LogP contribution in [0.25, 0.3) is 0 Å². The third-order valence-electron chi connectivity index (χ3n) is 4.45. The summed E-state index contributed by atoms with van der Waals surface area (Å²) in [4.78, 5) is 2.49. The van der Waals surface area contributed by atoms with Gasteiger partial charge in [0.15, 0.2) is 0 Å². The average molecular weight is 325 g/mol. The number of hydrogen-bond donors (Lipinski definition) is 0. The molecule has 1 fully saturated rings. The minimum absolute atomic E-state index is 0.623. The lowest BCUT2D eigenvalue weighted by molar-refractivity contribution is 0.0374. The summed E-state index contributed by atoms with van der Waals surface area (Å²) in [6.07, 6.45) is 2.32. The molecule has 0 unspecified atom stereocenters. The Morgan fingerprint density at radius 1 is 1.00 bits per heavy atom. The van der Waals surface area contributed by atoms with Gasteiger partial charge in [0.25, 0.3) is 0 Å². The minimum atomic E-state index is 0.623. The van der Waals surface area contributed by atoms with Crippen molar-refractivity contribution in [3.63, 3.8) is 0 Å². The predicted molar refractivity (Wildman–Crippen MR) is 97.5 cm³/mol. The highest BCUT2D eigenvalue weighted by Gasteiger charge is 2.09. The largest absolute Gasteiger partial charge is 0.489 e. The van der Waals surface area contributed by atoms with E-state index in [1.807, 2.05) is 0 Å². The van der Waals surface area contributed by atoms with Crippen LogP contribution in [0.1, 0.15) is 23.1 Å². The third-order valence-corrected chi connectivity index (χ3v) is 4.45. The van der Waals surface area contributed by atoms with E-state index in [-0.39, 0.29) is 0 Å². The lowest BCUT2D eigenvalue weighted by Gasteiger charge is -2.26. The van der Waals surface area contributed by atoms with Gasteiger partial charge in [-0.3, -0.25) is 4.90 Å². The summed E-state index contributed by atoms with van der Waals surface area (Å²) in [5.74, 6) is 0.938. The van der Waals surface area contributed by atoms with Crippen LogP contribution in [-0.2, 0) is 17.8 Å². The maximum absolute atomic E-state index is 5.88. The number of rotatable bonds is 7. The first kappa shape index (κ1) is 17.0. The number of nitrogens with zero attached hydrogens (tertiary/aromatic N) is 1. The molecule has 0 N–H and O–H groups in total. The molecular weight excluding hydrogens is 298 g/mol. The molecule has 128 valence electrons. The van der Waals surface area contributed by atoms with Crippen molar-refractivity contribution >= 4 is 0 Å². The molecule has 24 heavy (non-hydrogen) atoms. The van der Waals surface area contributed by atoms with Gasteiger partial charge in [-0.2, -0.15) is 0 Å². The van der Waals surface area contributed by atoms with E-state index in [0.29, 0.717) is 6.61 Å². The van der Waals surface area contributed by atoms with Gasteiger partial charge in [0.1, 0.15) is 12.4 Å². The molecule has 1 heterocycles. The zero-order chi connectivity index (χ0) is 16.6. The van der Waals surface area contributed by atoms with Crippen LogP contribution in [0.5, 0.6) is 5.75 Å². The number of ether oxygens (including phenoxy) is 2. The molecule has 0 aromatic heterocycles. The summed E-state index contributed by atoms with van der Waals surface area (Å²) in [6, 6.07) is 17.0. The van der Waals surface area contributed by atoms with Crippen LogP contribution in [-0.4, -0.2) is 37.7 Å². The van der Waals surface area contributed by atoms with E-state index in [2.05, 4.69) is 60.4 Å². The van der Waals surface area contributed by atoms with E-state index in [1.54, 1.807) is 0 Å². The molecule has 0 saturated carbocycles. The van der Waals surface area contributed by atoms with Crippen molar-refractivity contribution in [2.24, 2.45) is 0 Å². The van der Waals surface area contributed by atoms with Gasteiger partial charge < -0.3 is 9.47 Å². The highest BCUT2D eigenvalue weighted by Crippen LogP contribution is 2.16. The van der Waals surface area contributed by atoms with E-state index >= 15 is 0 Å². The molecule has 0 bridgehead atoms. The Balaban J connectivity index is 1.41. The quantitative estimate of drug-likeness (QED) is 0.772. The Morgan fingerprint density at radius 2 is 1.79 bits per heavy atom. The summed E-state index contributed by atoms with van der Waals surface area (Å²) in [5.41, 5.74) is 3.86. The molecule has 0 radical (unpaired) electrons. The molecule has 1 saturated heterocycles. The molecule has 1 aliphatic heterocycles. The van der Waals surface area contributed by atoms with Gasteiger partial charge >= 0.3 is 0 Å². The summed E-state index contributed by atoms with van der Waals surface area (Å²) in [6.45, 7) is 7.81. The molecule has 2 aromatic carbocycles. The van der Waals surface area contributed by atoms with Gasteiger partial charge in [-0.05, 0) is 49.6 Å². The SMILES string of the molecule is Cc1cccc(COc2ccc(CCCN3CCOCC3)cc2)c1. The first-order valence-electron chi connectivity index (χ1n) is 8.87. The Hall–Kier alpha value is -1.84. The van der Waals surface area contributed by atoms with Crippen LogP contribution in [0.3, 0.4) is 0 Å². The van der Waals surface area contributed by atoms with Crippen molar-refractivity contribution in [3.05, 3.63) is 65.2 Å². The second kappa shape index (κ2) is 8.86. The predicted octanol–water partition coefficient (Wildman–Crippen LogP) is 3.84. The van der Waals surface area contributed by atoms with E-state index in [4.69, 9.17) is 9.47 Å².